The summed E-state index contributed by atoms with van der Waals surface area (Å²) in [4.78, 5) is 2.46. The third-order valence-corrected chi connectivity index (χ3v) is 4.44. The molecule has 1 aliphatic carbocycles. The lowest BCUT2D eigenvalue weighted by atomic mass is 10.0. The predicted molar refractivity (Wildman–Crippen MR) is 82.7 cm³/mol. The quantitative estimate of drug-likeness (QED) is 0.816. The fraction of sp³-hybridized carbons (Fsp3) is 0.625. The molecule has 0 spiro atoms. The zero-order valence-electron chi connectivity index (χ0n) is 12.2. The largest absolute Gasteiger partial charge is 0.312 e. The molecule has 2 unspecified atom stereocenters. The first kappa shape index (κ1) is 14.8. The normalized spacial score (nSPS) is 18.6. The molecule has 0 heterocycles. The Morgan fingerprint density at radius 1 is 1.42 bits per heavy atom. The molecule has 0 amide bonds. The van der Waals surface area contributed by atoms with Gasteiger partial charge in [0.15, 0.2) is 0 Å². The second kappa shape index (κ2) is 6.74. The molecule has 1 aromatic rings. The monoisotopic (exact) mass is 280 g/mol. The van der Waals surface area contributed by atoms with E-state index < -0.39 is 0 Å². The standard InChI is InChI=1S/C16H25ClN2/c1-4-16(11-18-15-8-9-15)19(3)12(2)13-6-5-7-14(17)10-13/h5-7,10,12,15-16,18H,4,8-9,11H2,1-3H3. The molecule has 19 heavy (non-hydrogen) atoms. The van der Waals surface area contributed by atoms with E-state index in [2.05, 4.69) is 43.2 Å². The molecule has 1 N–H and O–H groups in total. The Hall–Kier alpha value is -0.570. The van der Waals surface area contributed by atoms with Crippen molar-refractivity contribution in [1.29, 1.82) is 0 Å². The second-order valence-electron chi connectivity index (χ2n) is 5.64. The average molecular weight is 281 g/mol. The van der Waals surface area contributed by atoms with E-state index >= 15 is 0 Å². The minimum absolute atomic E-state index is 0.393. The summed E-state index contributed by atoms with van der Waals surface area (Å²) in [5, 5.41) is 4.46. The van der Waals surface area contributed by atoms with Crippen LogP contribution in [0.3, 0.4) is 0 Å². The van der Waals surface area contributed by atoms with E-state index in [4.69, 9.17) is 11.6 Å². The molecule has 1 fully saturated rings. The van der Waals surface area contributed by atoms with Gasteiger partial charge in [0.25, 0.3) is 0 Å². The van der Waals surface area contributed by atoms with Crippen molar-refractivity contribution in [2.24, 2.45) is 0 Å². The van der Waals surface area contributed by atoms with E-state index in [1.54, 1.807) is 0 Å². The van der Waals surface area contributed by atoms with Crippen LogP contribution in [0.5, 0.6) is 0 Å². The summed E-state index contributed by atoms with van der Waals surface area (Å²) in [6.07, 6.45) is 3.87. The van der Waals surface area contributed by atoms with Crippen molar-refractivity contribution in [2.45, 2.75) is 51.2 Å². The lowest BCUT2D eigenvalue weighted by Gasteiger charge is -2.33. The average Bonchev–Trinajstić information content (AvgIpc) is 3.22. The van der Waals surface area contributed by atoms with Crippen LogP contribution in [0.15, 0.2) is 24.3 Å². The topological polar surface area (TPSA) is 15.3 Å². The molecular weight excluding hydrogens is 256 g/mol. The number of hydrogen-bond acceptors (Lipinski definition) is 2. The molecule has 0 aromatic heterocycles. The van der Waals surface area contributed by atoms with Crippen LogP contribution in [0.25, 0.3) is 0 Å². The molecule has 0 bridgehead atoms. The minimum atomic E-state index is 0.393. The van der Waals surface area contributed by atoms with Crippen molar-refractivity contribution < 1.29 is 0 Å². The number of likely N-dealkylation sites (N-methyl/N-ethyl adjacent to an activating group) is 1. The van der Waals surface area contributed by atoms with Gasteiger partial charge in [-0.05, 0) is 50.9 Å². The van der Waals surface area contributed by atoms with E-state index in [1.807, 2.05) is 12.1 Å². The number of halogens is 1. The van der Waals surface area contributed by atoms with Crippen LogP contribution in [0.4, 0.5) is 0 Å². The fourth-order valence-corrected chi connectivity index (χ4v) is 2.68. The van der Waals surface area contributed by atoms with Crippen molar-refractivity contribution in [3.63, 3.8) is 0 Å². The third-order valence-electron chi connectivity index (χ3n) is 4.21. The van der Waals surface area contributed by atoms with E-state index in [9.17, 15) is 0 Å². The van der Waals surface area contributed by atoms with Gasteiger partial charge in [0.05, 0.1) is 0 Å². The Balaban J connectivity index is 1.96. The van der Waals surface area contributed by atoms with Crippen LogP contribution in [0, 0.1) is 0 Å². The van der Waals surface area contributed by atoms with Gasteiger partial charge in [-0.25, -0.2) is 0 Å². The molecular formula is C16H25ClN2. The molecule has 1 aromatic carbocycles. The highest BCUT2D eigenvalue weighted by Gasteiger charge is 2.24. The first-order chi connectivity index (χ1) is 9.11. The fourth-order valence-electron chi connectivity index (χ4n) is 2.48. The Bertz CT molecular complexity index is 403. The summed E-state index contributed by atoms with van der Waals surface area (Å²) in [7, 11) is 2.22. The number of nitrogens with one attached hydrogen (secondary N) is 1. The van der Waals surface area contributed by atoms with Gasteiger partial charge in [-0.2, -0.15) is 0 Å². The highest BCUT2D eigenvalue weighted by atomic mass is 35.5. The van der Waals surface area contributed by atoms with Gasteiger partial charge in [0.2, 0.25) is 0 Å². The SMILES string of the molecule is CCC(CNC1CC1)N(C)C(C)c1cccc(Cl)c1. The van der Waals surface area contributed by atoms with Crippen LogP contribution in [-0.2, 0) is 0 Å². The number of benzene rings is 1. The van der Waals surface area contributed by atoms with E-state index in [-0.39, 0.29) is 0 Å². The van der Waals surface area contributed by atoms with Crippen LogP contribution in [0.1, 0.15) is 44.7 Å². The Labute approximate surface area is 122 Å². The molecule has 2 rings (SSSR count). The Morgan fingerprint density at radius 3 is 2.74 bits per heavy atom. The summed E-state index contributed by atoms with van der Waals surface area (Å²) >= 11 is 6.09. The van der Waals surface area contributed by atoms with Gasteiger partial charge in [0.1, 0.15) is 0 Å². The summed E-state index contributed by atoms with van der Waals surface area (Å²) in [5.41, 5.74) is 1.29. The van der Waals surface area contributed by atoms with Crippen molar-refractivity contribution >= 4 is 11.6 Å². The molecule has 3 heteroatoms. The third kappa shape index (κ3) is 4.20. The van der Waals surface area contributed by atoms with Crippen LogP contribution >= 0.6 is 11.6 Å². The highest BCUT2D eigenvalue weighted by Crippen LogP contribution is 2.25. The lowest BCUT2D eigenvalue weighted by Crippen LogP contribution is -2.41. The van der Waals surface area contributed by atoms with Crippen molar-refractivity contribution in [3.05, 3.63) is 34.9 Å². The predicted octanol–water partition coefficient (Wildman–Crippen LogP) is 3.86. The Morgan fingerprint density at radius 2 is 2.16 bits per heavy atom. The summed E-state index contributed by atoms with van der Waals surface area (Å²) < 4.78 is 0. The van der Waals surface area contributed by atoms with Crippen LogP contribution in [-0.4, -0.2) is 30.6 Å². The van der Waals surface area contributed by atoms with Gasteiger partial charge in [0, 0.05) is 29.7 Å². The maximum absolute atomic E-state index is 6.09. The van der Waals surface area contributed by atoms with E-state index in [1.165, 1.54) is 24.8 Å². The maximum atomic E-state index is 6.09. The molecule has 2 nitrogen and oxygen atoms in total. The molecule has 1 aliphatic rings. The van der Waals surface area contributed by atoms with Crippen molar-refractivity contribution in [1.82, 2.24) is 10.2 Å². The molecule has 0 saturated heterocycles. The van der Waals surface area contributed by atoms with Crippen molar-refractivity contribution in [3.8, 4) is 0 Å². The summed E-state index contributed by atoms with van der Waals surface area (Å²) in [5.74, 6) is 0. The number of nitrogens with zero attached hydrogens (tertiary/aromatic N) is 1. The zero-order chi connectivity index (χ0) is 13.8. The van der Waals surface area contributed by atoms with Crippen molar-refractivity contribution in [2.75, 3.05) is 13.6 Å². The second-order valence-corrected chi connectivity index (χ2v) is 6.08. The molecule has 1 saturated carbocycles. The molecule has 0 radical (unpaired) electrons. The van der Waals surface area contributed by atoms with Gasteiger partial charge in [-0.3, -0.25) is 4.90 Å². The van der Waals surface area contributed by atoms with Crippen LogP contribution in [0.2, 0.25) is 5.02 Å². The van der Waals surface area contributed by atoms with Gasteiger partial charge in [-0.15, -0.1) is 0 Å². The molecule has 2 atom stereocenters. The number of rotatable bonds is 7. The first-order valence-corrected chi connectivity index (χ1v) is 7.70. The molecule has 106 valence electrons. The highest BCUT2D eigenvalue weighted by molar-refractivity contribution is 6.30. The Kier molecular flexibility index (Phi) is 5.26. The maximum Gasteiger partial charge on any atom is 0.0409 e. The smallest absolute Gasteiger partial charge is 0.0409 e. The molecule has 0 aliphatic heterocycles. The minimum Gasteiger partial charge on any atom is -0.312 e. The lowest BCUT2D eigenvalue weighted by molar-refractivity contribution is 0.175. The van der Waals surface area contributed by atoms with Gasteiger partial charge >= 0.3 is 0 Å². The summed E-state index contributed by atoms with van der Waals surface area (Å²) in [6, 6.07) is 9.95. The van der Waals surface area contributed by atoms with E-state index in [0.717, 1.165) is 17.6 Å². The van der Waals surface area contributed by atoms with Gasteiger partial charge in [-0.1, -0.05) is 30.7 Å². The van der Waals surface area contributed by atoms with Crippen LogP contribution < -0.4 is 5.32 Å². The zero-order valence-corrected chi connectivity index (χ0v) is 13.0. The van der Waals surface area contributed by atoms with E-state index in [0.29, 0.717) is 12.1 Å². The summed E-state index contributed by atoms with van der Waals surface area (Å²) in [6.45, 7) is 5.61. The van der Waals surface area contributed by atoms with Gasteiger partial charge < -0.3 is 5.32 Å². The first-order valence-electron chi connectivity index (χ1n) is 7.32. The number of hydrogen-bond donors (Lipinski definition) is 1.